The van der Waals surface area contributed by atoms with Gasteiger partial charge in [0.25, 0.3) is 0 Å². The van der Waals surface area contributed by atoms with Gasteiger partial charge in [0.1, 0.15) is 11.5 Å². The van der Waals surface area contributed by atoms with Crippen molar-refractivity contribution in [1.82, 2.24) is 10.6 Å². The summed E-state index contributed by atoms with van der Waals surface area (Å²) in [6.07, 6.45) is 1.88. The van der Waals surface area contributed by atoms with Crippen LogP contribution in [0, 0.1) is 6.92 Å². The van der Waals surface area contributed by atoms with E-state index >= 15 is 0 Å². The molecule has 0 amide bonds. The number of nitrogens with one attached hydrogen (secondary N) is 2. The topological polar surface area (TPSA) is 64.1 Å². The van der Waals surface area contributed by atoms with Crippen LogP contribution in [0.15, 0.2) is 47.5 Å². The van der Waals surface area contributed by atoms with Crippen molar-refractivity contribution in [1.29, 1.82) is 0 Å². The first-order valence-electron chi connectivity index (χ1n) is 10.4. The Kier molecular flexibility index (Phi) is 9.90. The Labute approximate surface area is 202 Å². The Morgan fingerprint density at radius 1 is 1.03 bits per heavy atom. The van der Waals surface area contributed by atoms with E-state index in [0.717, 1.165) is 50.1 Å². The van der Waals surface area contributed by atoms with Crippen LogP contribution >= 0.6 is 24.0 Å². The number of hydrogen-bond acceptors (Lipinski definition) is 4. The highest BCUT2D eigenvalue weighted by Gasteiger charge is 2.37. The minimum Gasteiger partial charge on any atom is -0.497 e. The van der Waals surface area contributed by atoms with Gasteiger partial charge in [-0.2, -0.15) is 0 Å². The molecule has 0 saturated carbocycles. The van der Waals surface area contributed by atoms with Gasteiger partial charge in [0.15, 0.2) is 5.96 Å². The molecule has 1 fully saturated rings. The molecule has 1 heterocycles. The second-order valence-electron chi connectivity index (χ2n) is 7.72. The van der Waals surface area contributed by atoms with Crippen molar-refractivity contribution in [2.24, 2.45) is 4.99 Å². The van der Waals surface area contributed by atoms with Crippen molar-refractivity contribution in [3.05, 3.63) is 59.2 Å². The first-order valence-corrected chi connectivity index (χ1v) is 10.4. The molecule has 0 aromatic heterocycles. The summed E-state index contributed by atoms with van der Waals surface area (Å²) in [7, 11) is 5.21. The zero-order chi connectivity index (χ0) is 21.4. The highest BCUT2D eigenvalue weighted by atomic mass is 127. The van der Waals surface area contributed by atoms with Crippen LogP contribution < -0.4 is 20.1 Å². The number of ether oxygens (including phenoxy) is 3. The van der Waals surface area contributed by atoms with Crippen molar-refractivity contribution in [2.45, 2.75) is 31.7 Å². The number of methoxy groups -OCH3 is 2. The zero-order valence-electron chi connectivity index (χ0n) is 18.9. The van der Waals surface area contributed by atoms with Crippen LogP contribution in [0.4, 0.5) is 0 Å². The van der Waals surface area contributed by atoms with Gasteiger partial charge >= 0.3 is 0 Å². The molecule has 1 aliphatic rings. The van der Waals surface area contributed by atoms with Crippen LogP contribution in [0.25, 0.3) is 0 Å². The molecule has 2 aromatic carbocycles. The van der Waals surface area contributed by atoms with Crippen LogP contribution in [0.2, 0.25) is 0 Å². The highest BCUT2D eigenvalue weighted by molar-refractivity contribution is 14.0. The Hall–Kier alpha value is -2.00. The maximum absolute atomic E-state index is 5.71. The number of hydrogen-bond donors (Lipinski definition) is 2. The maximum Gasteiger partial charge on any atom is 0.191 e. The van der Waals surface area contributed by atoms with Crippen molar-refractivity contribution in [3.8, 4) is 11.5 Å². The number of aryl methyl sites for hydroxylation is 1. The molecule has 0 radical (unpaired) electrons. The van der Waals surface area contributed by atoms with Gasteiger partial charge in [0.05, 0.1) is 14.2 Å². The first-order chi connectivity index (χ1) is 14.6. The summed E-state index contributed by atoms with van der Waals surface area (Å²) in [6.45, 7) is 5.07. The second kappa shape index (κ2) is 12.1. The smallest absolute Gasteiger partial charge is 0.191 e. The van der Waals surface area contributed by atoms with Crippen molar-refractivity contribution in [3.63, 3.8) is 0 Å². The lowest BCUT2D eigenvalue weighted by molar-refractivity contribution is 0.0505. The van der Waals surface area contributed by atoms with E-state index in [2.05, 4.69) is 52.9 Å². The van der Waals surface area contributed by atoms with Crippen LogP contribution in [-0.2, 0) is 16.7 Å². The predicted molar refractivity (Wildman–Crippen MR) is 136 cm³/mol. The average molecular weight is 539 g/mol. The lowest BCUT2D eigenvalue weighted by Crippen LogP contribution is -2.48. The fourth-order valence-corrected chi connectivity index (χ4v) is 3.94. The molecule has 6 nitrogen and oxygen atoms in total. The largest absolute Gasteiger partial charge is 0.497 e. The quantitative estimate of drug-likeness (QED) is 0.316. The van der Waals surface area contributed by atoms with E-state index in [1.807, 2.05) is 12.1 Å². The minimum absolute atomic E-state index is 0. The average Bonchev–Trinajstić information content (AvgIpc) is 2.80. The van der Waals surface area contributed by atoms with E-state index in [1.54, 1.807) is 21.3 Å². The summed E-state index contributed by atoms with van der Waals surface area (Å²) in [5, 5.41) is 6.95. The van der Waals surface area contributed by atoms with Crippen LogP contribution in [0.3, 0.4) is 0 Å². The molecule has 3 rings (SSSR count). The van der Waals surface area contributed by atoms with Gasteiger partial charge in [-0.3, -0.25) is 4.99 Å². The standard InChI is InChI=1S/C24H33N3O3.HI/c1-18-5-10-22(29-4)21(15-18)24(11-13-30-14-12-24)17-27-23(25-2)26-16-19-6-8-20(28-3)9-7-19;/h5-10,15H,11-14,16-17H2,1-4H3,(H2,25,26,27);1H. The number of nitrogens with zero attached hydrogens (tertiary/aromatic N) is 1. The van der Waals surface area contributed by atoms with Crippen molar-refractivity contribution < 1.29 is 14.2 Å². The molecule has 1 saturated heterocycles. The van der Waals surface area contributed by atoms with Crippen LogP contribution in [0.1, 0.15) is 29.5 Å². The predicted octanol–water partition coefficient (Wildman–Crippen LogP) is 4.04. The van der Waals surface area contributed by atoms with Gasteiger partial charge in [-0.15, -0.1) is 24.0 Å². The van der Waals surface area contributed by atoms with Gasteiger partial charge in [0, 0.05) is 44.3 Å². The summed E-state index contributed by atoms with van der Waals surface area (Å²) >= 11 is 0. The summed E-state index contributed by atoms with van der Waals surface area (Å²) in [5.41, 5.74) is 3.58. The van der Waals surface area contributed by atoms with Crippen LogP contribution in [-0.4, -0.2) is 47.0 Å². The van der Waals surface area contributed by atoms with Gasteiger partial charge in [-0.1, -0.05) is 29.8 Å². The van der Waals surface area contributed by atoms with E-state index in [-0.39, 0.29) is 29.4 Å². The van der Waals surface area contributed by atoms with Gasteiger partial charge in [-0.25, -0.2) is 0 Å². The number of benzene rings is 2. The number of halogens is 1. The molecule has 0 unspecified atom stereocenters. The Morgan fingerprint density at radius 3 is 2.35 bits per heavy atom. The molecule has 2 N–H and O–H groups in total. The van der Waals surface area contributed by atoms with Crippen LogP contribution in [0.5, 0.6) is 11.5 Å². The second-order valence-corrected chi connectivity index (χ2v) is 7.72. The number of guanidine groups is 1. The van der Waals surface area contributed by atoms with Crippen molar-refractivity contribution in [2.75, 3.05) is 41.0 Å². The summed E-state index contributed by atoms with van der Waals surface area (Å²) in [6, 6.07) is 14.5. The van der Waals surface area contributed by atoms with Gasteiger partial charge in [-0.05, 0) is 43.5 Å². The third-order valence-corrected chi connectivity index (χ3v) is 5.81. The summed E-state index contributed by atoms with van der Waals surface area (Å²) < 4.78 is 16.6. The summed E-state index contributed by atoms with van der Waals surface area (Å²) in [4.78, 5) is 4.41. The minimum atomic E-state index is -0.0622. The number of aliphatic imine (C=N–C) groups is 1. The molecular weight excluding hydrogens is 505 g/mol. The first kappa shape index (κ1) is 25.3. The van der Waals surface area contributed by atoms with Crippen molar-refractivity contribution >= 4 is 29.9 Å². The molecule has 31 heavy (non-hydrogen) atoms. The lowest BCUT2D eigenvalue weighted by atomic mass is 9.73. The fraction of sp³-hybridized carbons (Fsp3) is 0.458. The highest BCUT2D eigenvalue weighted by Crippen LogP contribution is 2.40. The van der Waals surface area contributed by atoms with E-state index in [0.29, 0.717) is 6.54 Å². The zero-order valence-corrected chi connectivity index (χ0v) is 21.2. The van der Waals surface area contributed by atoms with E-state index in [4.69, 9.17) is 14.2 Å². The van der Waals surface area contributed by atoms with E-state index < -0.39 is 0 Å². The SMILES string of the molecule is CN=C(NCc1ccc(OC)cc1)NCC1(c2cc(C)ccc2OC)CCOCC1.I. The summed E-state index contributed by atoms with van der Waals surface area (Å²) in [5.74, 6) is 2.57. The normalized spacial score (nSPS) is 15.5. The van der Waals surface area contributed by atoms with E-state index in [1.165, 1.54) is 16.7 Å². The molecule has 1 aliphatic heterocycles. The number of rotatable bonds is 7. The van der Waals surface area contributed by atoms with Gasteiger partial charge < -0.3 is 24.8 Å². The molecule has 0 bridgehead atoms. The molecular formula is C24H34IN3O3. The molecule has 0 atom stereocenters. The molecule has 170 valence electrons. The Bertz CT molecular complexity index is 850. The third-order valence-electron chi connectivity index (χ3n) is 5.81. The lowest BCUT2D eigenvalue weighted by Gasteiger charge is -2.39. The van der Waals surface area contributed by atoms with E-state index in [9.17, 15) is 0 Å². The Morgan fingerprint density at radius 2 is 1.74 bits per heavy atom. The van der Waals surface area contributed by atoms with Gasteiger partial charge in [0.2, 0.25) is 0 Å². The molecule has 2 aromatic rings. The fourth-order valence-electron chi connectivity index (χ4n) is 3.94. The monoisotopic (exact) mass is 539 g/mol. The molecule has 0 spiro atoms. The molecule has 7 heteroatoms. The Balaban J connectivity index is 0.00000341. The third kappa shape index (κ3) is 6.49. The maximum atomic E-state index is 5.71. The molecule has 0 aliphatic carbocycles.